The number of benzene rings is 1. The van der Waals surface area contributed by atoms with Crippen molar-refractivity contribution in [2.45, 2.75) is 13.5 Å². The first-order valence-corrected chi connectivity index (χ1v) is 8.69. The summed E-state index contributed by atoms with van der Waals surface area (Å²) in [6, 6.07) is 4.97. The van der Waals surface area contributed by atoms with E-state index in [0.717, 1.165) is 11.5 Å². The third-order valence-electron chi connectivity index (χ3n) is 3.17. The van der Waals surface area contributed by atoms with Crippen LogP contribution < -0.4 is 5.48 Å². The molecule has 0 saturated heterocycles. The summed E-state index contributed by atoms with van der Waals surface area (Å²) in [5, 5.41) is 8.36. The topological polar surface area (TPSA) is 90.1 Å². The van der Waals surface area contributed by atoms with Gasteiger partial charge in [0.15, 0.2) is 0 Å². The number of rotatable bonds is 5. The average Bonchev–Trinajstić information content (AvgIpc) is 3.14. The smallest absolute Gasteiger partial charge is 0.280 e. The second-order valence-corrected chi connectivity index (χ2v) is 6.94. The first-order chi connectivity index (χ1) is 12.0. The summed E-state index contributed by atoms with van der Waals surface area (Å²) in [5.74, 6) is -0.274. The van der Waals surface area contributed by atoms with Crippen molar-refractivity contribution in [3.05, 3.63) is 49.6 Å². The molecule has 0 fully saturated rings. The highest BCUT2D eigenvalue weighted by Crippen LogP contribution is 2.36. The van der Waals surface area contributed by atoms with Crippen molar-refractivity contribution in [2.75, 3.05) is 0 Å². The van der Waals surface area contributed by atoms with E-state index >= 15 is 0 Å². The van der Waals surface area contributed by atoms with Crippen molar-refractivity contribution < 1.29 is 14.2 Å². The summed E-state index contributed by atoms with van der Waals surface area (Å²) in [5.41, 5.74) is 3.50. The fraction of sp³-hybridized carbons (Fsp3) is 0.143. The van der Waals surface area contributed by atoms with E-state index in [2.05, 4.69) is 20.2 Å². The lowest BCUT2D eigenvalue weighted by atomic mass is 10.1. The molecule has 0 saturated carbocycles. The third kappa shape index (κ3) is 3.78. The third-order valence-corrected chi connectivity index (χ3v) is 4.79. The van der Waals surface area contributed by atoms with E-state index in [4.69, 9.17) is 44.2 Å². The number of nitrogens with zero attached hydrogens (tertiary/aromatic N) is 3. The van der Waals surface area contributed by atoms with Gasteiger partial charge in [-0.15, -0.1) is 5.10 Å². The maximum atomic E-state index is 12.5. The molecule has 1 aromatic carbocycles. The highest BCUT2D eigenvalue weighted by atomic mass is 35.5. The Balaban J connectivity index is 1.82. The second-order valence-electron chi connectivity index (χ2n) is 4.77. The molecule has 25 heavy (non-hydrogen) atoms. The number of halogens is 3. The van der Waals surface area contributed by atoms with Gasteiger partial charge in [0.1, 0.15) is 33.7 Å². The predicted octanol–water partition coefficient (Wildman–Crippen LogP) is 4.32. The molecular formula is C14H9Cl3N4O3S. The zero-order valence-electron chi connectivity index (χ0n) is 12.5. The van der Waals surface area contributed by atoms with Crippen LogP contribution in [0.4, 0.5) is 0 Å². The van der Waals surface area contributed by atoms with Gasteiger partial charge in [-0.2, -0.15) is 0 Å². The van der Waals surface area contributed by atoms with E-state index in [1.165, 1.54) is 0 Å². The lowest BCUT2D eigenvalue weighted by Crippen LogP contribution is -2.24. The molecule has 0 spiro atoms. The van der Waals surface area contributed by atoms with Crippen molar-refractivity contribution in [1.29, 1.82) is 0 Å². The van der Waals surface area contributed by atoms with Crippen molar-refractivity contribution in [2.24, 2.45) is 0 Å². The molecule has 7 nitrogen and oxygen atoms in total. The lowest BCUT2D eigenvalue weighted by Gasteiger charge is -2.07. The van der Waals surface area contributed by atoms with Gasteiger partial charge in [0.25, 0.3) is 5.91 Å². The summed E-state index contributed by atoms with van der Waals surface area (Å²) >= 11 is 19.3. The Bertz CT molecular complexity index is 908. The van der Waals surface area contributed by atoms with Crippen LogP contribution in [0.1, 0.15) is 21.8 Å². The monoisotopic (exact) mass is 418 g/mol. The van der Waals surface area contributed by atoms with E-state index in [0.29, 0.717) is 31.4 Å². The molecule has 0 aliphatic heterocycles. The zero-order chi connectivity index (χ0) is 18.0. The van der Waals surface area contributed by atoms with Crippen molar-refractivity contribution in [3.8, 4) is 11.3 Å². The van der Waals surface area contributed by atoms with Crippen LogP contribution in [0.2, 0.25) is 14.4 Å². The van der Waals surface area contributed by atoms with Crippen LogP contribution in [-0.2, 0) is 11.4 Å². The number of carbonyl (C=O) groups excluding carboxylic acids is 1. The Morgan fingerprint density at radius 3 is 2.68 bits per heavy atom. The molecule has 11 heteroatoms. The SMILES string of the molecule is Cc1onc(-c2c(Cl)cccc2Cl)c1C(=O)NOCc1nnsc1Cl. The predicted molar refractivity (Wildman–Crippen MR) is 93.9 cm³/mol. The van der Waals surface area contributed by atoms with Gasteiger partial charge in [-0.05, 0) is 19.1 Å². The van der Waals surface area contributed by atoms with E-state index in [1.54, 1.807) is 25.1 Å². The molecule has 1 N–H and O–H groups in total. The Morgan fingerprint density at radius 2 is 2.04 bits per heavy atom. The van der Waals surface area contributed by atoms with Gasteiger partial charge in [-0.1, -0.05) is 50.5 Å². The van der Waals surface area contributed by atoms with E-state index in [-0.39, 0.29) is 17.9 Å². The molecule has 130 valence electrons. The van der Waals surface area contributed by atoms with Crippen LogP contribution in [0, 0.1) is 6.92 Å². The minimum atomic E-state index is -0.566. The Kier molecular flexibility index (Phi) is 5.55. The van der Waals surface area contributed by atoms with Crippen molar-refractivity contribution in [3.63, 3.8) is 0 Å². The number of hydrogen-bond donors (Lipinski definition) is 1. The van der Waals surface area contributed by atoms with Gasteiger partial charge in [0.2, 0.25) is 0 Å². The van der Waals surface area contributed by atoms with Crippen molar-refractivity contribution in [1.82, 2.24) is 20.2 Å². The minimum absolute atomic E-state index is 0.0341. The molecular weight excluding hydrogens is 411 g/mol. The van der Waals surface area contributed by atoms with E-state index in [1.807, 2.05) is 0 Å². The van der Waals surface area contributed by atoms with Gasteiger partial charge in [0.05, 0.1) is 10.0 Å². The highest BCUT2D eigenvalue weighted by Gasteiger charge is 2.25. The standard InChI is InChI=1S/C14H9Cl3N4O3S/c1-6-10(14(22)20-23-5-9-13(17)25-21-18-9)12(19-24-6)11-7(15)3-2-4-8(11)16/h2-4H,5H2,1H3,(H,20,22). The average molecular weight is 420 g/mol. The van der Waals surface area contributed by atoms with Gasteiger partial charge >= 0.3 is 0 Å². The molecule has 3 aromatic rings. The maximum Gasteiger partial charge on any atom is 0.280 e. The molecule has 2 heterocycles. The summed E-state index contributed by atoms with van der Waals surface area (Å²) in [4.78, 5) is 17.6. The second kappa shape index (κ2) is 7.67. The Hall–Kier alpha value is -1.71. The van der Waals surface area contributed by atoms with Gasteiger partial charge in [-0.3, -0.25) is 9.63 Å². The number of nitrogens with one attached hydrogen (secondary N) is 1. The molecule has 2 aromatic heterocycles. The van der Waals surface area contributed by atoms with E-state index < -0.39 is 5.91 Å². The lowest BCUT2D eigenvalue weighted by molar-refractivity contribution is 0.0221. The molecule has 3 rings (SSSR count). The first-order valence-electron chi connectivity index (χ1n) is 6.78. The quantitative estimate of drug-likeness (QED) is 0.619. The number of carbonyl (C=O) groups is 1. The first kappa shape index (κ1) is 18.1. The Morgan fingerprint density at radius 1 is 1.32 bits per heavy atom. The molecule has 1 amide bonds. The number of aromatic nitrogens is 3. The van der Waals surface area contributed by atoms with Crippen LogP contribution in [0.5, 0.6) is 0 Å². The summed E-state index contributed by atoms with van der Waals surface area (Å²) in [6.45, 7) is 1.56. The van der Waals surface area contributed by atoms with Crippen LogP contribution in [0.15, 0.2) is 22.7 Å². The summed E-state index contributed by atoms with van der Waals surface area (Å²) in [7, 11) is 0. The fourth-order valence-electron chi connectivity index (χ4n) is 2.04. The number of aryl methyl sites for hydroxylation is 1. The minimum Gasteiger partial charge on any atom is -0.360 e. The van der Waals surface area contributed by atoms with E-state index in [9.17, 15) is 4.79 Å². The highest BCUT2D eigenvalue weighted by molar-refractivity contribution is 7.10. The normalized spacial score (nSPS) is 10.9. The van der Waals surface area contributed by atoms with Crippen LogP contribution in [0.3, 0.4) is 0 Å². The molecule has 0 aliphatic rings. The maximum absolute atomic E-state index is 12.5. The number of hydroxylamine groups is 1. The van der Waals surface area contributed by atoms with Crippen LogP contribution in [-0.4, -0.2) is 20.7 Å². The molecule has 0 bridgehead atoms. The molecule has 0 aliphatic carbocycles. The van der Waals surface area contributed by atoms with Gasteiger partial charge in [-0.25, -0.2) is 5.48 Å². The largest absolute Gasteiger partial charge is 0.360 e. The summed E-state index contributed by atoms with van der Waals surface area (Å²) in [6.07, 6.45) is 0. The number of amides is 1. The van der Waals surface area contributed by atoms with Crippen LogP contribution in [0.25, 0.3) is 11.3 Å². The van der Waals surface area contributed by atoms with Crippen LogP contribution >= 0.6 is 46.3 Å². The van der Waals surface area contributed by atoms with Gasteiger partial charge < -0.3 is 4.52 Å². The fourth-order valence-corrected chi connectivity index (χ4v) is 3.22. The van der Waals surface area contributed by atoms with Crippen molar-refractivity contribution >= 4 is 52.2 Å². The number of hydrogen-bond acceptors (Lipinski definition) is 7. The van der Waals surface area contributed by atoms with Gasteiger partial charge in [0, 0.05) is 17.1 Å². The molecule has 0 unspecified atom stereocenters. The Labute approximate surface area is 160 Å². The zero-order valence-corrected chi connectivity index (χ0v) is 15.6. The molecule has 0 radical (unpaired) electrons. The molecule has 0 atom stereocenters. The summed E-state index contributed by atoms with van der Waals surface area (Å²) < 4.78 is 9.18.